The highest BCUT2D eigenvalue weighted by Crippen LogP contribution is 2.17. The van der Waals surface area contributed by atoms with Gasteiger partial charge in [-0.05, 0) is 58.7 Å². The van der Waals surface area contributed by atoms with Crippen molar-refractivity contribution in [2.24, 2.45) is 0 Å². The molecule has 2 aromatic rings. The summed E-state index contributed by atoms with van der Waals surface area (Å²) in [7, 11) is 1.62. The average Bonchev–Trinajstić information content (AvgIpc) is 2.54. The molecule has 0 saturated carbocycles. The van der Waals surface area contributed by atoms with E-state index in [0.717, 1.165) is 16.0 Å². The molecule has 0 unspecified atom stereocenters. The molecule has 1 heterocycles. The molecule has 0 atom stereocenters. The number of halogens is 1. The van der Waals surface area contributed by atoms with Gasteiger partial charge in [0.2, 0.25) is 5.91 Å². The van der Waals surface area contributed by atoms with Gasteiger partial charge in [-0.1, -0.05) is 0 Å². The fourth-order valence-electron chi connectivity index (χ4n) is 1.75. The molecule has 1 N–H and O–H groups in total. The van der Waals surface area contributed by atoms with Crippen molar-refractivity contribution in [1.29, 1.82) is 0 Å². The Morgan fingerprint density at radius 1 is 1.18 bits per heavy atom. The fourth-order valence-corrected chi connectivity index (χ4v) is 1.98. The Kier molecular flexibility index (Phi) is 6.21. The summed E-state index contributed by atoms with van der Waals surface area (Å²) in [5.41, 5.74) is 0. The van der Waals surface area contributed by atoms with Crippen molar-refractivity contribution in [2.45, 2.75) is 12.8 Å². The van der Waals surface area contributed by atoms with Crippen LogP contribution in [0.15, 0.2) is 47.1 Å². The lowest BCUT2D eigenvalue weighted by Crippen LogP contribution is -2.13. The summed E-state index contributed by atoms with van der Waals surface area (Å²) >= 11 is 3.29. The maximum Gasteiger partial charge on any atom is 0.225 e. The molecule has 2 rings (SSSR count). The Labute approximate surface area is 137 Å². The number of methoxy groups -OCH3 is 1. The summed E-state index contributed by atoms with van der Waals surface area (Å²) in [6, 6.07) is 10.9. The van der Waals surface area contributed by atoms with Crippen LogP contribution in [0.2, 0.25) is 0 Å². The number of hydrogen-bond donors (Lipinski definition) is 1. The van der Waals surface area contributed by atoms with Crippen molar-refractivity contribution in [3.63, 3.8) is 0 Å². The quantitative estimate of drug-likeness (QED) is 0.761. The van der Waals surface area contributed by atoms with E-state index in [4.69, 9.17) is 9.47 Å². The van der Waals surface area contributed by atoms with Crippen LogP contribution in [0, 0.1) is 0 Å². The fraction of sp³-hybridized carbons (Fsp3) is 0.250. The molecule has 0 aliphatic heterocycles. The van der Waals surface area contributed by atoms with E-state index >= 15 is 0 Å². The van der Waals surface area contributed by atoms with E-state index in [9.17, 15) is 4.79 Å². The number of anilines is 1. The van der Waals surface area contributed by atoms with Gasteiger partial charge in [0.05, 0.1) is 13.7 Å². The van der Waals surface area contributed by atoms with Crippen LogP contribution in [-0.2, 0) is 4.79 Å². The van der Waals surface area contributed by atoms with E-state index < -0.39 is 0 Å². The highest BCUT2D eigenvalue weighted by atomic mass is 79.9. The van der Waals surface area contributed by atoms with Crippen LogP contribution in [0.3, 0.4) is 0 Å². The number of amides is 1. The number of carbonyl (C=O) groups excluding carboxylic acids is 1. The Bertz CT molecular complexity index is 600. The Morgan fingerprint density at radius 3 is 2.55 bits per heavy atom. The van der Waals surface area contributed by atoms with E-state index in [1.54, 1.807) is 19.4 Å². The number of ether oxygens (including phenoxy) is 2. The van der Waals surface area contributed by atoms with Gasteiger partial charge in [0.1, 0.15) is 17.3 Å². The normalized spacial score (nSPS) is 10.1. The average molecular weight is 365 g/mol. The molecular weight excluding hydrogens is 348 g/mol. The second-order valence-corrected chi connectivity index (χ2v) is 5.45. The van der Waals surface area contributed by atoms with Crippen LogP contribution >= 0.6 is 15.9 Å². The highest BCUT2D eigenvalue weighted by molar-refractivity contribution is 9.10. The summed E-state index contributed by atoms with van der Waals surface area (Å²) < 4.78 is 11.5. The van der Waals surface area contributed by atoms with E-state index in [-0.39, 0.29) is 5.91 Å². The zero-order valence-corrected chi connectivity index (χ0v) is 13.8. The van der Waals surface area contributed by atoms with E-state index in [1.165, 1.54) is 0 Å². The molecule has 0 saturated heterocycles. The molecule has 0 fully saturated rings. The van der Waals surface area contributed by atoms with E-state index in [1.807, 2.05) is 30.3 Å². The van der Waals surface area contributed by atoms with Crippen LogP contribution in [-0.4, -0.2) is 24.6 Å². The lowest BCUT2D eigenvalue weighted by Gasteiger charge is -2.07. The Hall–Kier alpha value is -2.08. The summed E-state index contributed by atoms with van der Waals surface area (Å²) in [5.74, 6) is 2.02. The van der Waals surface area contributed by atoms with Crippen molar-refractivity contribution in [3.05, 3.63) is 47.1 Å². The minimum absolute atomic E-state index is 0.0758. The standard InChI is InChI=1S/C16H17BrN2O3/c1-21-13-5-7-14(8-6-13)22-10-2-3-16(20)19-15-9-4-12(17)11-18-15/h4-9,11H,2-3,10H2,1H3,(H,18,19,20). The number of nitrogens with zero attached hydrogens (tertiary/aromatic N) is 1. The first-order chi connectivity index (χ1) is 10.7. The predicted molar refractivity (Wildman–Crippen MR) is 88.3 cm³/mol. The SMILES string of the molecule is COc1ccc(OCCCC(=O)Nc2ccc(Br)cn2)cc1. The smallest absolute Gasteiger partial charge is 0.225 e. The van der Waals surface area contributed by atoms with Crippen molar-refractivity contribution in [3.8, 4) is 11.5 Å². The van der Waals surface area contributed by atoms with Gasteiger partial charge in [-0.2, -0.15) is 0 Å². The van der Waals surface area contributed by atoms with Gasteiger partial charge in [0.15, 0.2) is 0 Å². The van der Waals surface area contributed by atoms with Crippen LogP contribution in [0.5, 0.6) is 11.5 Å². The lowest BCUT2D eigenvalue weighted by atomic mass is 10.3. The number of nitrogens with one attached hydrogen (secondary N) is 1. The van der Waals surface area contributed by atoms with Crippen molar-refractivity contribution in [1.82, 2.24) is 4.98 Å². The lowest BCUT2D eigenvalue weighted by molar-refractivity contribution is -0.116. The van der Waals surface area contributed by atoms with Crippen LogP contribution < -0.4 is 14.8 Å². The summed E-state index contributed by atoms with van der Waals surface area (Å²) in [4.78, 5) is 15.8. The maximum absolute atomic E-state index is 11.8. The second kappa shape index (κ2) is 8.38. The van der Waals surface area contributed by atoms with E-state index in [0.29, 0.717) is 25.3 Å². The molecule has 6 heteroatoms. The van der Waals surface area contributed by atoms with Crippen molar-refractivity contribution >= 4 is 27.7 Å². The van der Waals surface area contributed by atoms with Gasteiger partial charge in [-0.3, -0.25) is 4.79 Å². The first-order valence-electron chi connectivity index (χ1n) is 6.85. The van der Waals surface area contributed by atoms with Gasteiger partial charge < -0.3 is 14.8 Å². The molecule has 22 heavy (non-hydrogen) atoms. The number of benzene rings is 1. The number of rotatable bonds is 7. The van der Waals surface area contributed by atoms with E-state index in [2.05, 4.69) is 26.2 Å². The largest absolute Gasteiger partial charge is 0.497 e. The molecular formula is C16H17BrN2O3. The number of aromatic nitrogens is 1. The minimum atomic E-state index is -0.0758. The Balaban J connectivity index is 1.67. The molecule has 1 aromatic carbocycles. The molecule has 0 bridgehead atoms. The van der Waals surface area contributed by atoms with Gasteiger partial charge in [0, 0.05) is 17.1 Å². The molecule has 1 aromatic heterocycles. The topological polar surface area (TPSA) is 60.5 Å². The number of hydrogen-bond acceptors (Lipinski definition) is 4. The zero-order chi connectivity index (χ0) is 15.8. The van der Waals surface area contributed by atoms with Gasteiger partial charge in [-0.25, -0.2) is 4.98 Å². The van der Waals surface area contributed by atoms with Crippen molar-refractivity contribution in [2.75, 3.05) is 19.0 Å². The molecule has 116 valence electrons. The maximum atomic E-state index is 11.8. The second-order valence-electron chi connectivity index (χ2n) is 4.54. The predicted octanol–water partition coefficient (Wildman–Crippen LogP) is 3.65. The molecule has 0 aliphatic rings. The first-order valence-corrected chi connectivity index (χ1v) is 7.65. The summed E-state index contributed by atoms with van der Waals surface area (Å²) in [6.45, 7) is 0.480. The molecule has 0 radical (unpaired) electrons. The monoisotopic (exact) mass is 364 g/mol. The van der Waals surface area contributed by atoms with Crippen LogP contribution in [0.4, 0.5) is 5.82 Å². The van der Waals surface area contributed by atoms with Crippen molar-refractivity contribution < 1.29 is 14.3 Å². The number of carbonyl (C=O) groups is 1. The van der Waals surface area contributed by atoms with Gasteiger partial charge in [0.25, 0.3) is 0 Å². The molecule has 5 nitrogen and oxygen atoms in total. The third kappa shape index (κ3) is 5.37. The third-order valence-corrected chi connectivity index (χ3v) is 3.34. The van der Waals surface area contributed by atoms with Gasteiger partial charge in [-0.15, -0.1) is 0 Å². The van der Waals surface area contributed by atoms with Crippen LogP contribution in [0.25, 0.3) is 0 Å². The number of pyridine rings is 1. The summed E-state index contributed by atoms with van der Waals surface area (Å²) in [6.07, 6.45) is 2.66. The van der Waals surface area contributed by atoms with Gasteiger partial charge >= 0.3 is 0 Å². The molecule has 0 spiro atoms. The third-order valence-electron chi connectivity index (χ3n) is 2.87. The summed E-state index contributed by atoms with van der Waals surface area (Å²) in [5, 5.41) is 2.74. The first kappa shape index (κ1) is 16.3. The molecule has 1 amide bonds. The molecule has 0 aliphatic carbocycles. The highest BCUT2D eigenvalue weighted by Gasteiger charge is 2.03. The Morgan fingerprint density at radius 2 is 1.91 bits per heavy atom. The van der Waals surface area contributed by atoms with Crippen LogP contribution in [0.1, 0.15) is 12.8 Å². The minimum Gasteiger partial charge on any atom is -0.497 e. The zero-order valence-electron chi connectivity index (χ0n) is 12.2.